The molecule has 1 aromatic heterocycles. The van der Waals surface area contributed by atoms with E-state index >= 15 is 0 Å². The molecule has 1 aliphatic heterocycles. The van der Waals surface area contributed by atoms with Crippen molar-refractivity contribution in [2.75, 3.05) is 10.6 Å². The Hall–Kier alpha value is -3.05. The van der Waals surface area contributed by atoms with Gasteiger partial charge >= 0.3 is 0 Å². The lowest BCUT2D eigenvalue weighted by atomic mass is 10.1. The van der Waals surface area contributed by atoms with Gasteiger partial charge in [0.2, 0.25) is 0 Å². The number of nitrogens with zero attached hydrogens (tertiary/aromatic N) is 1. The standard InChI is InChI=1S/C18H12ClN3O2/c19-16-8-5-12-13(18(24)22-17(12)21-16)9-20-14-6-7-15(23)11-4-2-1-3-10(11)14/h1-9,20,23H,(H,21,22,24). The van der Waals surface area contributed by atoms with E-state index in [2.05, 4.69) is 15.6 Å². The van der Waals surface area contributed by atoms with Crippen LogP contribution >= 0.6 is 11.6 Å². The SMILES string of the molecule is O=C1Nc2nc(Cl)ccc2C1=CNc1ccc(O)c2ccccc12. The van der Waals surface area contributed by atoms with E-state index in [1.165, 1.54) is 0 Å². The van der Waals surface area contributed by atoms with Gasteiger partial charge in [-0.1, -0.05) is 35.9 Å². The van der Waals surface area contributed by atoms with Gasteiger partial charge in [0.1, 0.15) is 16.7 Å². The van der Waals surface area contributed by atoms with Crippen molar-refractivity contribution in [1.82, 2.24) is 4.98 Å². The molecule has 2 aromatic carbocycles. The first kappa shape index (κ1) is 14.5. The molecule has 1 aliphatic rings. The van der Waals surface area contributed by atoms with Crippen molar-refractivity contribution in [3.05, 3.63) is 65.4 Å². The van der Waals surface area contributed by atoms with Crippen LogP contribution in [0.2, 0.25) is 5.15 Å². The number of aromatic nitrogens is 1. The molecule has 5 nitrogen and oxygen atoms in total. The number of phenolic OH excluding ortho intramolecular Hbond substituents is 1. The number of benzene rings is 2. The highest BCUT2D eigenvalue weighted by molar-refractivity contribution is 6.33. The van der Waals surface area contributed by atoms with Gasteiger partial charge in [0.15, 0.2) is 0 Å². The molecular formula is C18H12ClN3O2. The first-order valence-corrected chi connectivity index (χ1v) is 7.67. The maximum absolute atomic E-state index is 12.1. The number of hydrogen-bond donors (Lipinski definition) is 3. The number of halogens is 1. The van der Waals surface area contributed by atoms with Gasteiger partial charge in [-0.15, -0.1) is 0 Å². The van der Waals surface area contributed by atoms with Crippen molar-refractivity contribution in [1.29, 1.82) is 0 Å². The number of rotatable bonds is 2. The van der Waals surface area contributed by atoms with Crippen LogP contribution in [0.3, 0.4) is 0 Å². The van der Waals surface area contributed by atoms with Gasteiger partial charge in [0, 0.05) is 28.2 Å². The fourth-order valence-corrected chi connectivity index (χ4v) is 2.89. The number of aromatic hydroxyl groups is 1. The fourth-order valence-electron chi connectivity index (χ4n) is 2.75. The summed E-state index contributed by atoms with van der Waals surface area (Å²) in [7, 11) is 0. The highest BCUT2D eigenvalue weighted by Gasteiger charge is 2.25. The van der Waals surface area contributed by atoms with E-state index in [1.54, 1.807) is 30.5 Å². The van der Waals surface area contributed by atoms with Crippen molar-refractivity contribution in [3.8, 4) is 5.75 Å². The minimum atomic E-state index is -0.240. The molecule has 24 heavy (non-hydrogen) atoms. The summed E-state index contributed by atoms with van der Waals surface area (Å²) >= 11 is 5.85. The summed E-state index contributed by atoms with van der Waals surface area (Å²) in [6, 6.07) is 14.3. The molecule has 0 spiro atoms. The first-order valence-electron chi connectivity index (χ1n) is 7.29. The van der Waals surface area contributed by atoms with Gasteiger partial charge in [-0.3, -0.25) is 4.79 Å². The third-order valence-electron chi connectivity index (χ3n) is 3.90. The molecule has 0 unspecified atom stereocenters. The maximum Gasteiger partial charge on any atom is 0.259 e. The van der Waals surface area contributed by atoms with Gasteiger partial charge in [-0.2, -0.15) is 0 Å². The topological polar surface area (TPSA) is 74.2 Å². The van der Waals surface area contributed by atoms with Crippen molar-refractivity contribution in [2.24, 2.45) is 0 Å². The minimum Gasteiger partial charge on any atom is -0.507 e. The Morgan fingerprint density at radius 1 is 1.08 bits per heavy atom. The second-order valence-corrected chi connectivity index (χ2v) is 5.75. The smallest absolute Gasteiger partial charge is 0.259 e. The molecule has 118 valence electrons. The summed E-state index contributed by atoms with van der Waals surface area (Å²) in [4.78, 5) is 16.2. The zero-order valence-corrected chi connectivity index (χ0v) is 13.1. The predicted molar refractivity (Wildman–Crippen MR) is 95.1 cm³/mol. The number of fused-ring (bicyclic) bond motifs is 2. The molecule has 2 heterocycles. The molecule has 0 bridgehead atoms. The highest BCUT2D eigenvalue weighted by atomic mass is 35.5. The van der Waals surface area contributed by atoms with Crippen LogP contribution in [0.5, 0.6) is 5.75 Å². The molecular weight excluding hydrogens is 326 g/mol. The van der Waals surface area contributed by atoms with Gasteiger partial charge in [-0.25, -0.2) is 4.98 Å². The Kier molecular flexibility index (Phi) is 3.36. The summed E-state index contributed by atoms with van der Waals surface area (Å²) < 4.78 is 0. The summed E-state index contributed by atoms with van der Waals surface area (Å²) in [5.74, 6) is 0.429. The summed E-state index contributed by atoms with van der Waals surface area (Å²) in [6.45, 7) is 0. The number of amides is 1. The molecule has 0 radical (unpaired) electrons. The van der Waals surface area contributed by atoms with Crippen molar-refractivity contribution < 1.29 is 9.90 Å². The summed E-state index contributed by atoms with van der Waals surface area (Å²) in [6.07, 6.45) is 1.63. The number of carbonyl (C=O) groups is 1. The van der Waals surface area contributed by atoms with E-state index in [0.29, 0.717) is 22.1 Å². The van der Waals surface area contributed by atoms with Crippen LogP contribution in [-0.2, 0) is 4.79 Å². The molecule has 0 aliphatic carbocycles. The zero-order valence-electron chi connectivity index (χ0n) is 12.4. The van der Waals surface area contributed by atoms with Gasteiger partial charge < -0.3 is 15.7 Å². The average Bonchev–Trinajstić information content (AvgIpc) is 2.89. The third kappa shape index (κ3) is 2.35. The Labute approximate surface area is 142 Å². The molecule has 0 fully saturated rings. The van der Waals surface area contributed by atoms with E-state index in [4.69, 9.17) is 11.6 Å². The molecule has 1 amide bonds. The lowest BCUT2D eigenvalue weighted by molar-refractivity contribution is -0.110. The normalized spacial score (nSPS) is 14.7. The van der Waals surface area contributed by atoms with Crippen LogP contribution in [0.1, 0.15) is 5.56 Å². The zero-order chi connectivity index (χ0) is 16.7. The molecule has 3 N–H and O–H groups in total. The fraction of sp³-hybridized carbons (Fsp3) is 0. The molecule has 4 rings (SSSR count). The number of nitrogens with one attached hydrogen (secondary N) is 2. The molecule has 0 saturated heterocycles. The van der Waals surface area contributed by atoms with Crippen LogP contribution in [0.15, 0.2) is 54.7 Å². The van der Waals surface area contributed by atoms with Gasteiger partial charge in [0.25, 0.3) is 5.91 Å². The van der Waals surface area contributed by atoms with Crippen LogP contribution < -0.4 is 10.6 Å². The predicted octanol–water partition coefficient (Wildman–Crippen LogP) is 4.00. The van der Waals surface area contributed by atoms with Crippen LogP contribution in [0, 0.1) is 0 Å². The number of phenols is 1. The lowest BCUT2D eigenvalue weighted by Crippen LogP contribution is -2.05. The van der Waals surface area contributed by atoms with Gasteiger partial charge in [0.05, 0.1) is 5.57 Å². The van der Waals surface area contributed by atoms with E-state index in [0.717, 1.165) is 16.5 Å². The Bertz CT molecular complexity index is 1010. The number of pyridine rings is 1. The third-order valence-corrected chi connectivity index (χ3v) is 4.11. The Morgan fingerprint density at radius 3 is 2.71 bits per heavy atom. The van der Waals surface area contributed by atoms with Crippen molar-refractivity contribution in [3.63, 3.8) is 0 Å². The average molecular weight is 338 g/mol. The molecule has 0 atom stereocenters. The van der Waals surface area contributed by atoms with Crippen LogP contribution in [0.25, 0.3) is 16.3 Å². The Morgan fingerprint density at radius 2 is 1.88 bits per heavy atom. The summed E-state index contributed by atoms with van der Waals surface area (Å²) in [5, 5.41) is 17.7. The number of hydrogen-bond acceptors (Lipinski definition) is 4. The van der Waals surface area contributed by atoms with Crippen molar-refractivity contribution in [2.45, 2.75) is 0 Å². The highest BCUT2D eigenvalue weighted by Crippen LogP contribution is 2.33. The monoisotopic (exact) mass is 337 g/mol. The Balaban J connectivity index is 1.74. The largest absolute Gasteiger partial charge is 0.507 e. The van der Waals surface area contributed by atoms with Crippen LogP contribution in [0.4, 0.5) is 11.5 Å². The van der Waals surface area contributed by atoms with Crippen molar-refractivity contribution >= 4 is 45.4 Å². The van der Waals surface area contributed by atoms with E-state index in [-0.39, 0.29) is 11.7 Å². The molecule has 0 saturated carbocycles. The summed E-state index contributed by atoms with van der Waals surface area (Å²) in [5.41, 5.74) is 1.96. The lowest BCUT2D eigenvalue weighted by Gasteiger charge is -2.08. The number of carbonyl (C=O) groups excluding carboxylic acids is 1. The molecule has 6 heteroatoms. The maximum atomic E-state index is 12.1. The quantitative estimate of drug-likeness (QED) is 0.375. The molecule has 3 aromatic rings. The van der Waals surface area contributed by atoms with Crippen LogP contribution in [-0.4, -0.2) is 16.0 Å². The second kappa shape index (κ2) is 5.54. The first-order chi connectivity index (χ1) is 11.6. The van der Waals surface area contributed by atoms with E-state index in [9.17, 15) is 9.90 Å². The van der Waals surface area contributed by atoms with E-state index in [1.807, 2.05) is 24.3 Å². The number of anilines is 2. The minimum absolute atomic E-state index is 0.214. The van der Waals surface area contributed by atoms with E-state index < -0.39 is 0 Å². The second-order valence-electron chi connectivity index (χ2n) is 5.36. The van der Waals surface area contributed by atoms with Gasteiger partial charge in [-0.05, 0) is 24.3 Å².